The molecule has 2 N–H and O–H groups in total. The van der Waals surface area contributed by atoms with Crippen LogP contribution in [0.25, 0.3) is 22.2 Å². The third kappa shape index (κ3) is 7.41. The van der Waals surface area contributed by atoms with E-state index in [9.17, 15) is 9.59 Å². The fourth-order valence-corrected chi connectivity index (χ4v) is 5.64. The third-order valence-corrected chi connectivity index (χ3v) is 8.23. The van der Waals surface area contributed by atoms with Crippen molar-refractivity contribution in [2.45, 2.75) is 52.1 Å². The van der Waals surface area contributed by atoms with Crippen LogP contribution in [-0.2, 0) is 16.0 Å². The van der Waals surface area contributed by atoms with Crippen LogP contribution in [-0.4, -0.2) is 78.9 Å². The summed E-state index contributed by atoms with van der Waals surface area (Å²) >= 11 is 0. The van der Waals surface area contributed by atoms with Gasteiger partial charge in [0.25, 0.3) is 0 Å². The highest BCUT2D eigenvalue weighted by Crippen LogP contribution is 2.45. The summed E-state index contributed by atoms with van der Waals surface area (Å²) in [7, 11) is 7.69. The molecule has 5 rings (SSSR count). The molecule has 11 nitrogen and oxygen atoms in total. The highest BCUT2D eigenvalue weighted by molar-refractivity contribution is 6.04. The Balaban J connectivity index is 1.62. The van der Waals surface area contributed by atoms with Crippen LogP contribution in [0.3, 0.4) is 0 Å². The van der Waals surface area contributed by atoms with Gasteiger partial charge in [-0.25, -0.2) is 14.8 Å². The van der Waals surface area contributed by atoms with Crippen molar-refractivity contribution >= 4 is 45.8 Å². The highest BCUT2D eigenvalue weighted by atomic mass is 16.6. The Morgan fingerprint density at radius 1 is 1.15 bits per heavy atom. The number of hydrogen-bond donors (Lipinski definition) is 2. The predicted molar refractivity (Wildman–Crippen MR) is 188 cm³/mol. The van der Waals surface area contributed by atoms with Crippen molar-refractivity contribution in [3.63, 3.8) is 0 Å². The lowest BCUT2D eigenvalue weighted by atomic mass is 10.0. The van der Waals surface area contributed by atoms with Crippen molar-refractivity contribution in [3.05, 3.63) is 72.1 Å². The van der Waals surface area contributed by atoms with Crippen LogP contribution in [0.2, 0.25) is 0 Å². The second-order valence-corrected chi connectivity index (χ2v) is 12.4. The summed E-state index contributed by atoms with van der Waals surface area (Å²) in [6.45, 7) is 10.9. The van der Waals surface area contributed by atoms with E-state index < -0.39 is 5.97 Å². The average molecular weight is 640 g/mol. The molecule has 1 aliphatic rings. The predicted octanol–water partition coefficient (Wildman–Crippen LogP) is 6.03. The molecule has 2 aromatic heterocycles. The Kier molecular flexibility index (Phi) is 10.1. The van der Waals surface area contributed by atoms with Crippen LogP contribution in [0, 0.1) is 0 Å². The molecule has 0 unspecified atom stereocenters. The number of nitrogens with zero attached hydrogens (tertiary/aromatic N) is 5. The van der Waals surface area contributed by atoms with Gasteiger partial charge in [0, 0.05) is 43.0 Å². The van der Waals surface area contributed by atoms with Gasteiger partial charge in [-0.1, -0.05) is 31.7 Å². The van der Waals surface area contributed by atoms with E-state index in [1.54, 1.807) is 11.8 Å². The first kappa shape index (κ1) is 33.5. The summed E-state index contributed by atoms with van der Waals surface area (Å²) in [5, 5.41) is 7.27. The summed E-state index contributed by atoms with van der Waals surface area (Å²) in [6, 6.07) is 10.2. The van der Waals surface area contributed by atoms with Crippen molar-refractivity contribution < 1.29 is 19.2 Å². The summed E-state index contributed by atoms with van der Waals surface area (Å²) in [5.41, 5.74) is 6.85. The average Bonchev–Trinajstić information content (AvgIpc) is 3.83. The second-order valence-electron chi connectivity index (χ2n) is 12.4. The lowest BCUT2D eigenvalue weighted by Crippen LogP contribution is -2.29. The molecule has 0 aliphatic heterocycles. The maximum absolute atomic E-state index is 13.4. The number of amides is 1. The normalized spacial score (nSPS) is 12.8. The van der Waals surface area contributed by atoms with E-state index in [-0.39, 0.29) is 17.6 Å². The largest absolute Gasteiger partial charge is 0.459 e. The van der Waals surface area contributed by atoms with Gasteiger partial charge in [-0.2, -0.15) is 4.73 Å². The Morgan fingerprint density at radius 3 is 2.55 bits per heavy atom. The number of likely N-dealkylation sites (N-methyl/N-ethyl adjacent to an activating group) is 2. The summed E-state index contributed by atoms with van der Waals surface area (Å²) in [6.07, 6.45) is 7.29. The molecule has 4 aromatic rings. The maximum Gasteiger partial charge on any atom is 0.342 e. The van der Waals surface area contributed by atoms with Crippen molar-refractivity contribution in [3.8, 4) is 11.3 Å². The van der Waals surface area contributed by atoms with Crippen LogP contribution in [0.1, 0.15) is 61.0 Å². The van der Waals surface area contributed by atoms with E-state index in [0.29, 0.717) is 29.7 Å². The molecule has 1 fully saturated rings. The summed E-state index contributed by atoms with van der Waals surface area (Å²) < 4.78 is 7.36. The minimum atomic E-state index is -0.507. The number of aryl methyl sites for hydroxylation is 1. The van der Waals surface area contributed by atoms with E-state index in [4.69, 9.17) is 14.6 Å². The molecule has 0 bridgehead atoms. The number of hydrogen-bond acceptors (Lipinski definition) is 9. The number of nitrogens with one attached hydrogen (secondary N) is 2. The molecule has 2 heterocycles. The van der Waals surface area contributed by atoms with Crippen molar-refractivity contribution in [1.29, 1.82) is 0 Å². The van der Waals surface area contributed by atoms with E-state index in [2.05, 4.69) is 51.1 Å². The minimum Gasteiger partial charge on any atom is -0.459 e. The molecule has 0 radical (unpaired) electrons. The Hall–Kier alpha value is -4.90. The number of ether oxygens (including phenoxy) is 1. The number of para-hydroxylation sites is 1. The van der Waals surface area contributed by atoms with Crippen LogP contribution < -0.4 is 20.4 Å². The molecule has 47 heavy (non-hydrogen) atoms. The van der Waals surface area contributed by atoms with Crippen molar-refractivity contribution in [2.75, 3.05) is 56.9 Å². The SMILES string of the molecule is C=CC(=O)Nc1cc(Nc2ncc(C(=O)OC(C)C)c(-c3cn(OC)c4c(C5CC5)cccc34)n2)c(CC)cc1N(C)CCN(C)C. The fourth-order valence-electron chi connectivity index (χ4n) is 5.64. The first-order valence-corrected chi connectivity index (χ1v) is 16.0. The zero-order chi connectivity index (χ0) is 33.8. The zero-order valence-corrected chi connectivity index (χ0v) is 28.4. The van der Waals surface area contributed by atoms with Gasteiger partial charge in [0.15, 0.2) is 0 Å². The molecular formula is C36H45N7O4. The van der Waals surface area contributed by atoms with Crippen molar-refractivity contribution in [2.24, 2.45) is 0 Å². The molecule has 2 aromatic carbocycles. The molecule has 1 saturated carbocycles. The number of rotatable bonds is 14. The number of carbonyl (C=O) groups excluding carboxylic acids is 2. The molecule has 1 amide bonds. The van der Waals surface area contributed by atoms with Gasteiger partial charge in [-0.05, 0) is 82.5 Å². The van der Waals surface area contributed by atoms with Crippen molar-refractivity contribution in [1.82, 2.24) is 19.6 Å². The fraction of sp³-hybridized carbons (Fsp3) is 0.389. The number of fused-ring (bicyclic) bond motifs is 1. The van der Waals surface area contributed by atoms with Gasteiger partial charge in [0.1, 0.15) is 12.7 Å². The Morgan fingerprint density at radius 2 is 1.91 bits per heavy atom. The summed E-state index contributed by atoms with van der Waals surface area (Å²) in [4.78, 5) is 45.3. The topological polar surface area (TPSA) is 114 Å². The summed E-state index contributed by atoms with van der Waals surface area (Å²) in [5.74, 6) is -0.0419. The maximum atomic E-state index is 13.4. The Labute approximate surface area is 276 Å². The van der Waals surface area contributed by atoms with Crippen LogP contribution in [0.4, 0.5) is 23.0 Å². The first-order valence-electron chi connectivity index (χ1n) is 16.0. The Bertz CT molecular complexity index is 1790. The van der Waals surface area contributed by atoms with E-state index >= 15 is 0 Å². The smallest absolute Gasteiger partial charge is 0.342 e. The minimum absolute atomic E-state index is 0.253. The van der Waals surface area contributed by atoms with E-state index in [0.717, 1.165) is 59.3 Å². The van der Waals surface area contributed by atoms with Gasteiger partial charge in [0.2, 0.25) is 11.9 Å². The van der Waals surface area contributed by atoms with Gasteiger partial charge in [-0.15, -0.1) is 0 Å². The molecule has 11 heteroatoms. The second kappa shape index (κ2) is 14.3. The number of esters is 1. The lowest BCUT2D eigenvalue weighted by molar-refractivity contribution is -0.111. The van der Waals surface area contributed by atoms with E-state index in [1.807, 2.05) is 59.4 Å². The van der Waals surface area contributed by atoms with Gasteiger partial charge in [0.05, 0.1) is 34.9 Å². The number of benzene rings is 2. The van der Waals surface area contributed by atoms with Gasteiger partial charge < -0.3 is 30.0 Å². The number of aromatic nitrogens is 3. The molecule has 0 atom stereocenters. The number of carbonyl (C=O) groups is 2. The molecule has 1 aliphatic carbocycles. The first-order chi connectivity index (χ1) is 22.5. The molecule has 0 saturated heterocycles. The monoisotopic (exact) mass is 639 g/mol. The standard InChI is InChI=1S/C36H45N7O4/c1-9-23-18-31(42(7)17-16-41(5)6)30(38-32(44)10-2)19-29(23)39-36-37-20-27(35(45)47-22(3)4)33(40-36)28-21-43(46-8)34-25(24-14-15-24)12-11-13-26(28)34/h10-13,18-22,24H,2,9,14-17H2,1,3-8H3,(H,38,44)(H,37,39,40). The van der Waals surface area contributed by atoms with Gasteiger partial charge in [-0.3, -0.25) is 4.79 Å². The zero-order valence-electron chi connectivity index (χ0n) is 28.4. The van der Waals surface area contributed by atoms with E-state index in [1.165, 1.54) is 17.8 Å². The quantitative estimate of drug-likeness (QED) is 0.126. The third-order valence-electron chi connectivity index (χ3n) is 8.23. The van der Waals surface area contributed by atoms with Crippen LogP contribution in [0.15, 0.2) is 55.4 Å². The lowest BCUT2D eigenvalue weighted by Gasteiger charge is -2.26. The number of anilines is 4. The molecule has 0 spiro atoms. The molecular weight excluding hydrogens is 594 g/mol. The van der Waals surface area contributed by atoms with Gasteiger partial charge >= 0.3 is 5.97 Å². The van der Waals surface area contributed by atoms with Crippen LogP contribution >= 0.6 is 0 Å². The highest BCUT2D eigenvalue weighted by Gasteiger charge is 2.29. The van der Waals surface area contributed by atoms with Crippen LogP contribution in [0.5, 0.6) is 0 Å². The molecule has 248 valence electrons.